The zero-order valence-electron chi connectivity index (χ0n) is 7.48. The summed E-state index contributed by atoms with van der Waals surface area (Å²) in [6.45, 7) is 1.74. The fourth-order valence-corrected chi connectivity index (χ4v) is 1.38. The number of aryl methyl sites for hydroxylation is 1. The molecule has 2 heterocycles. The number of imidazole rings is 1. The summed E-state index contributed by atoms with van der Waals surface area (Å²) in [6.07, 6.45) is 2.91. The van der Waals surface area contributed by atoms with Crippen molar-refractivity contribution >= 4 is 18.1 Å². The standard InChI is InChI=1S/C8H8BFN2O2/c1-5-11-4-7-8(10)6(9(13)14)2-3-12(5)7/h2-4,13-14H,1H3. The Hall–Kier alpha value is -1.40. The molecule has 0 aliphatic heterocycles. The first kappa shape index (κ1) is 9.17. The van der Waals surface area contributed by atoms with Crippen LogP contribution in [0.2, 0.25) is 0 Å². The van der Waals surface area contributed by atoms with Gasteiger partial charge in [-0.1, -0.05) is 0 Å². The molecule has 0 unspecified atom stereocenters. The second-order valence-electron chi connectivity index (χ2n) is 3.02. The highest BCUT2D eigenvalue weighted by atomic mass is 19.1. The average molecular weight is 194 g/mol. The highest BCUT2D eigenvalue weighted by Gasteiger charge is 2.19. The molecule has 14 heavy (non-hydrogen) atoms. The number of aromatic nitrogens is 2. The zero-order chi connectivity index (χ0) is 10.3. The van der Waals surface area contributed by atoms with Crippen LogP contribution < -0.4 is 5.46 Å². The molecule has 0 aliphatic rings. The third-order valence-corrected chi connectivity index (χ3v) is 2.14. The van der Waals surface area contributed by atoms with Crippen LogP contribution in [0.15, 0.2) is 18.5 Å². The topological polar surface area (TPSA) is 57.8 Å². The number of rotatable bonds is 1. The Balaban J connectivity index is 2.76. The van der Waals surface area contributed by atoms with Crippen LogP contribution in [0.25, 0.3) is 5.52 Å². The maximum absolute atomic E-state index is 13.6. The first-order valence-corrected chi connectivity index (χ1v) is 4.09. The Kier molecular flexibility index (Phi) is 2.01. The molecule has 0 fully saturated rings. The first-order valence-electron chi connectivity index (χ1n) is 4.09. The van der Waals surface area contributed by atoms with Crippen LogP contribution in [0.5, 0.6) is 0 Å². The van der Waals surface area contributed by atoms with Gasteiger partial charge in [-0.15, -0.1) is 0 Å². The number of nitrogens with zero attached hydrogens (tertiary/aromatic N) is 2. The second-order valence-corrected chi connectivity index (χ2v) is 3.02. The van der Waals surface area contributed by atoms with E-state index < -0.39 is 12.9 Å². The second kappa shape index (κ2) is 3.07. The summed E-state index contributed by atoms with van der Waals surface area (Å²) in [5.41, 5.74) is 0.102. The normalized spacial score (nSPS) is 10.9. The molecular weight excluding hydrogens is 186 g/mol. The summed E-state index contributed by atoms with van der Waals surface area (Å²) in [5.74, 6) is 0.000907. The molecule has 0 radical (unpaired) electrons. The number of pyridine rings is 1. The fraction of sp³-hybridized carbons (Fsp3) is 0.125. The van der Waals surface area contributed by atoms with E-state index >= 15 is 0 Å². The van der Waals surface area contributed by atoms with Crippen molar-refractivity contribution in [2.75, 3.05) is 0 Å². The van der Waals surface area contributed by atoms with Gasteiger partial charge in [-0.05, 0) is 13.0 Å². The number of halogens is 1. The fourth-order valence-electron chi connectivity index (χ4n) is 1.38. The summed E-state index contributed by atoms with van der Waals surface area (Å²) in [7, 11) is -1.80. The van der Waals surface area contributed by atoms with Crippen LogP contribution in [-0.2, 0) is 0 Å². The van der Waals surface area contributed by atoms with Gasteiger partial charge in [-0.2, -0.15) is 0 Å². The molecule has 2 aromatic heterocycles. The quantitative estimate of drug-likeness (QED) is 0.599. The van der Waals surface area contributed by atoms with Crippen molar-refractivity contribution in [3.63, 3.8) is 0 Å². The van der Waals surface area contributed by atoms with E-state index in [2.05, 4.69) is 4.98 Å². The van der Waals surface area contributed by atoms with Gasteiger partial charge in [0.2, 0.25) is 0 Å². The Morgan fingerprint density at radius 2 is 2.21 bits per heavy atom. The maximum Gasteiger partial charge on any atom is 0.491 e. The summed E-state index contributed by atoms with van der Waals surface area (Å²) in [5, 5.41) is 17.7. The Bertz CT molecular complexity index is 483. The van der Waals surface area contributed by atoms with Crippen LogP contribution in [0.4, 0.5) is 4.39 Å². The van der Waals surface area contributed by atoms with E-state index in [1.165, 1.54) is 12.3 Å². The monoisotopic (exact) mass is 194 g/mol. The summed E-state index contributed by atoms with van der Waals surface area (Å²) >= 11 is 0. The van der Waals surface area contributed by atoms with Crippen LogP contribution in [0.3, 0.4) is 0 Å². The van der Waals surface area contributed by atoms with Crippen molar-refractivity contribution in [2.45, 2.75) is 6.92 Å². The van der Waals surface area contributed by atoms with E-state index in [0.717, 1.165) is 0 Å². The molecule has 72 valence electrons. The van der Waals surface area contributed by atoms with Gasteiger partial charge in [-0.3, -0.25) is 0 Å². The number of hydrogen-bond acceptors (Lipinski definition) is 3. The predicted octanol–water partition coefficient (Wildman–Crippen LogP) is -0.538. The maximum atomic E-state index is 13.6. The molecule has 0 aliphatic carbocycles. The van der Waals surface area contributed by atoms with E-state index in [4.69, 9.17) is 10.0 Å². The third-order valence-electron chi connectivity index (χ3n) is 2.14. The van der Waals surface area contributed by atoms with Crippen molar-refractivity contribution in [3.8, 4) is 0 Å². The third kappa shape index (κ3) is 1.20. The van der Waals surface area contributed by atoms with E-state index in [0.29, 0.717) is 5.82 Å². The van der Waals surface area contributed by atoms with Gasteiger partial charge in [0, 0.05) is 11.7 Å². The van der Waals surface area contributed by atoms with Gasteiger partial charge in [0.25, 0.3) is 0 Å². The van der Waals surface area contributed by atoms with E-state index in [-0.39, 0.29) is 11.0 Å². The lowest BCUT2D eigenvalue weighted by atomic mass is 9.80. The summed E-state index contributed by atoms with van der Waals surface area (Å²) in [4.78, 5) is 3.92. The molecular formula is C8H8BFN2O2. The Labute approximate surface area is 79.8 Å². The molecule has 2 rings (SSSR count). The summed E-state index contributed by atoms with van der Waals surface area (Å²) in [6, 6.07) is 1.32. The molecule has 4 nitrogen and oxygen atoms in total. The van der Waals surface area contributed by atoms with Crippen LogP contribution >= 0.6 is 0 Å². The van der Waals surface area contributed by atoms with E-state index in [1.54, 1.807) is 17.5 Å². The lowest BCUT2D eigenvalue weighted by Crippen LogP contribution is -2.33. The van der Waals surface area contributed by atoms with Gasteiger partial charge in [-0.25, -0.2) is 9.37 Å². The first-order chi connectivity index (χ1) is 6.61. The van der Waals surface area contributed by atoms with Gasteiger partial charge < -0.3 is 14.4 Å². The highest BCUT2D eigenvalue weighted by Crippen LogP contribution is 2.09. The smallest absolute Gasteiger partial charge is 0.423 e. The number of hydrogen-bond donors (Lipinski definition) is 2. The molecule has 0 amide bonds. The van der Waals surface area contributed by atoms with Crippen molar-refractivity contribution in [1.82, 2.24) is 9.38 Å². The molecule has 2 aromatic rings. The zero-order valence-corrected chi connectivity index (χ0v) is 7.48. The largest absolute Gasteiger partial charge is 0.491 e. The predicted molar refractivity (Wildman–Crippen MR) is 49.7 cm³/mol. The molecule has 0 bridgehead atoms. The van der Waals surface area contributed by atoms with Crippen molar-refractivity contribution < 1.29 is 14.4 Å². The minimum Gasteiger partial charge on any atom is -0.423 e. The lowest BCUT2D eigenvalue weighted by molar-refractivity contribution is 0.423. The van der Waals surface area contributed by atoms with Gasteiger partial charge in [0.1, 0.15) is 17.2 Å². The summed E-state index contributed by atoms with van der Waals surface area (Å²) < 4.78 is 15.1. The minimum atomic E-state index is -1.80. The van der Waals surface area contributed by atoms with E-state index in [1.807, 2.05) is 0 Å². The molecule has 0 aromatic carbocycles. The van der Waals surface area contributed by atoms with Gasteiger partial charge >= 0.3 is 7.12 Å². The van der Waals surface area contributed by atoms with Gasteiger partial charge in [0.05, 0.1) is 6.20 Å². The van der Waals surface area contributed by atoms with Gasteiger partial charge in [0.15, 0.2) is 0 Å². The Morgan fingerprint density at radius 3 is 2.86 bits per heavy atom. The highest BCUT2D eigenvalue weighted by molar-refractivity contribution is 6.58. The molecule has 0 atom stereocenters. The SMILES string of the molecule is Cc1ncc2c(F)c(B(O)O)ccn12. The van der Waals surface area contributed by atoms with E-state index in [9.17, 15) is 4.39 Å². The average Bonchev–Trinajstić information content (AvgIpc) is 2.49. The van der Waals surface area contributed by atoms with Crippen LogP contribution in [0, 0.1) is 12.7 Å². The molecule has 2 N–H and O–H groups in total. The van der Waals surface area contributed by atoms with Crippen molar-refractivity contribution in [3.05, 3.63) is 30.1 Å². The Morgan fingerprint density at radius 1 is 1.50 bits per heavy atom. The van der Waals surface area contributed by atoms with Crippen LogP contribution in [0.1, 0.15) is 5.82 Å². The molecule has 0 saturated heterocycles. The molecule has 0 spiro atoms. The molecule has 0 saturated carbocycles. The van der Waals surface area contributed by atoms with Crippen molar-refractivity contribution in [1.29, 1.82) is 0 Å². The minimum absolute atomic E-state index is 0.141. The lowest BCUT2D eigenvalue weighted by Gasteiger charge is -2.03. The number of fused-ring (bicyclic) bond motifs is 1. The van der Waals surface area contributed by atoms with Crippen LogP contribution in [-0.4, -0.2) is 26.6 Å². The molecule has 6 heteroatoms. The van der Waals surface area contributed by atoms with Crippen molar-refractivity contribution in [2.24, 2.45) is 0 Å².